The van der Waals surface area contributed by atoms with Gasteiger partial charge in [-0.15, -0.1) is 0 Å². The summed E-state index contributed by atoms with van der Waals surface area (Å²) in [6, 6.07) is 0. The van der Waals surface area contributed by atoms with E-state index >= 15 is 0 Å². The highest BCUT2D eigenvalue weighted by Gasteiger charge is 2.38. The van der Waals surface area contributed by atoms with E-state index < -0.39 is 0 Å². The third kappa shape index (κ3) is 2.18. The van der Waals surface area contributed by atoms with Crippen molar-refractivity contribution in [3.05, 3.63) is 0 Å². The number of nitrogens with zero attached hydrogens (tertiary/aromatic N) is 1. The molecule has 0 radical (unpaired) electrons. The van der Waals surface area contributed by atoms with Crippen molar-refractivity contribution < 1.29 is 4.74 Å². The molecule has 0 unspecified atom stereocenters. The van der Waals surface area contributed by atoms with Gasteiger partial charge in [-0.25, -0.2) is 0 Å². The quantitative estimate of drug-likeness (QED) is 0.310. The molecule has 0 saturated heterocycles. The van der Waals surface area contributed by atoms with Crippen LogP contribution in [0.3, 0.4) is 0 Å². The monoisotopic (exact) mass is 199 g/mol. The van der Waals surface area contributed by atoms with Crippen LogP contribution in [0.1, 0.15) is 39.5 Å². The Bertz CT molecular complexity index is 207. The normalized spacial score (nSPS) is 34.4. The molecule has 0 aromatic rings. The minimum absolute atomic E-state index is 0.379. The lowest BCUT2D eigenvalue weighted by Crippen LogP contribution is -2.49. The van der Waals surface area contributed by atoms with Gasteiger partial charge in [0.25, 0.3) is 0 Å². The molecule has 1 saturated carbocycles. The van der Waals surface area contributed by atoms with Gasteiger partial charge in [-0.1, -0.05) is 6.92 Å². The van der Waals surface area contributed by atoms with E-state index in [-0.39, 0.29) is 5.60 Å². The highest BCUT2D eigenvalue weighted by Crippen LogP contribution is 2.34. The molecule has 1 aliphatic carbocycles. The van der Waals surface area contributed by atoms with Gasteiger partial charge < -0.3 is 16.3 Å². The van der Waals surface area contributed by atoms with E-state index in [0.717, 1.165) is 31.6 Å². The average molecular weight is 199 g/mol. The molecule has 0 aromatic heterocycles. The van der Waals surface area contributed by atoms with E-state index in [1.54, 1.807) is 0 Å². The van der Waals surface area contributed by atoms with Crippen molar-refractivity contribution in [3.63, 3.8) is 0 Å². The van der Waals surface area contributed by atoms with Gasteiger partial charge in [0.15, 0.2) is 5.84 Å². The first-order chi connectivity index (χ1) is 6.64. The average Bonchev–Trinajstić information content (AvgIpc) is 2.21. The lowest BCUT2D eigenvalue weighted by molar-refractivity contribution is -0.0202. The molecule has 0 aromatic carbocycles. The Morgan fingerprint density at radius 2 is 2.07 bits per heavy atom. The lowest BCUT2D eigenvalue weighted by Gasteiger charge is -2.38. The molecular weight excluding hydrogens is 178 g/mol. The van der Waals surface area contributed by atoms with Gasteiger partial charge in [-0.3, -0.25) is 0 Å². The molecule has 0 amide bonds. The number of hydrogen-bond donors (Lipinski definition) is 2. The highest BCUT2D eigenvalue weighted by atomic mass is 16.5. The van der Waals surface area contributed by atoms with Crippen LogP contribution in [-0.2, 0) is 4.74 Å². The zero-order chi connectivity index (χ0) is 10.6. The van der Waals surface area contributed by atoms with Crippen molar-refractivity contribution in [3.8, 4) is 0 Å². The maximum absolute atomic E-state index is 5.81. The van der Waals surface area contributed by atoms with Gasteiger partial charge in [0.05, 0.1) is 0 Å². The summed E-state index contributed by atoms with van der Waals surface area (Å²) in [5.41, 5.74) is 5.44. The summed E-state index contributed by atoms with van der Waals surface area (Å²) >= 11 is 0. The lowest BCUT2D eigenvalue weighted by atomic mass is 9.78. The maximum atomic E-state index is 5.81. The predicted molar refractivity (Wildman–Crippen MR) is 57.8 cm³/mol. The van der Waals surface area contributed by atoms with Gasteiger partial charge in [0.2, 0.25) is 0 Å². The Hall–Kier alpha value is -0.770. The van der Waals surface area contributed by atoms with E-state index in [2.05, 4.69) is 12.0 Å². The summed E-state index contributed by atoms with van der Waals surface area (Å²) < 4.78 is 5.74. The number of rotatable bonds is 3. The first kappa shape index (κ1) is 11.3. The van der Waals surface area contributed by atoms with Crippen LogP contribution in [0.2, 0.25) is 0 Å². The minimum Gasteiger partial charge on any atom is -0.383 e. The van der Waals surface area contributed by atoms with Gasteiger partial charge in [0.1, 0.15) is 5.60 Å². The SMILES string of the molecule is CCOC1(C(N)=NN)CCC(C)CC1. The van der Waals surface area contributed by atoms with Crippen LogP contribution in [0.15, 0.2) is 5.10 Å². The van der Waals surface area contributed by atoms with Crippen LogP contribution in [0, 0.1) is 5.92 Å². The van der Waals surface area contributed by atoms with E-state index in [1.165, 1.54) is 0 Å². The predicted octanol–water partition coefficient (Wildman–Crippen LogP) is 1.20. The molecule has 0 aliphatic heterocycles. The molecule has 82 valence electrons. The molecule has 4 heteroatoms. The summed E-state index contributed by atoms with van der Waals surface area (Å²) in [7, 11) is 0. The molecule has 1 aliphatic rings. The Morgan fingerprint density at radius 3 is 2.50 bits per heavy atom. The number of hydrogen-bond acceptors (Lipinski definition) is 3. The first-order valence-corrected chi connectivity index (χ1v) is 5.32. The standard InChI is InChI=1S/C10H21N3O/c1-3-14-10(9(11)13-12)6-4-8(2)5-7-10/h8H,3-7,12H2,1-2H3,(H2,11,13). The van der Waals surface area contributed by atoms with E-state index in [9.17, 15) is 0 Å². The maximum Gasteiger partial charge on any atom is 0.151 e. The minimum atomic E-state index is -0.379. The van der Waals surface area contributed by atoms with Crippen LogP contribution >= 0.6 is 0 Å². The largest absolute Gasteiger partial charge is 0.383 e. The van der Waals surface area contributed by atoms with Gasteiger partial charge in [-0.2, -0.15) is 5.10 Å². The third-order valence-electron chi connectivity index (χ3n) is 3.11. The van der Waals surface area contributed by atoms with Crippen molar-refractivity contribution in [1.82, 2.24) is 0 Å². The van der Waals surface area contributed by atoms with Crippen LogP contribution < -0.4 is 11.6 Å². The van der Waals surface area contributed by atoms with Crippen molar-refractivity contribution in [2.75, 3.05) is 6.61 Å². The zero-order valence-corrected chi connectivity index (χ0v) is 9.12. The van der Waals surface area contributed by atoms with E-state index in [4.69, 9.17) is 16.3 Å². The van der Waals surface area contributed by atoms with Crippen molar-refractivity contribution in [1.29, 1.82) is 0 Å². The fourth-order valence-electron chi connectivity index (χ4n) is 2.10. The second-order valence-electron chi connectivity index (χ2n) is 4.12. The summed E-state index contributed by atoms with van der Waals surface area (Å²) in [5, 5.41) is 3.60. The van der Waals surface area contributed by atoms with Crippen LogP contribution in [0.4, 0.5) is 0 Å². The summed E-state index contributed by atoms with van der Waals surface area (Å²) in [4.78, 5) is 0. The molecule has 0 bridgehead atoms. The Kier molecular flexibility index (Phi) is 3.75. The van der Waals surface area contributed by atoms with Crippen LogP contribution in [0.5, 0.6) is 0 Å². The summed E-state index contributed by atoms with van der Waals surface area (Å²) in [6.45, 7) is 4.89. The van der Waals surface area contributed by atoms with Crippen molar-refractivity contribution in [2.24, 2.45) is 22.6 Å². The van der Waals surface area contributed by atoms with Crippen LogP contribution in [0.25, 0.3) is 0 Å². The molecule has 1 rings (SSSR count). The van der Waals surface area contributed by atoms with Crippen molar-refractivity contribution in [2.45, 2.75) is 45.1 Å². The zero-order valence-electron chi connectivity index (χ0n) is 9.12. The Labute approximate surface area is 85.7 Å². The number of amidine groups is 1. The highest BCUT2D eigenvalue weighted by molar-refractivity contribution is 5.88. The van der Waals surface area contributed by atoms with Gasteiger partial charge in [-0.05, 0) is 38.5 Å². The second-order valence-corrected chi connectivity index (χ2v) is 4.12. The second kappa shape index (κ2) is 4.64. The molecule has 4 nitrogen and oxygen atoms in total. The van der Waals surface area contributed by atoms with Crippen LogP contribution in [-0.4, -0.2) is 18.0 Å². The molecule has 14 heavy (non-hydrogen) atoms. The molecule has 1 fully saturated rings. The number of hydrazone groups is 1. The van der Waals surface area contributed by atoms with Gasteiger partial charge >= 0.3 is 0 Å². The Morgan fingerprint density at radius 1 is 1.50 bits per heavy atom. The topological polar surface area (TPSA) is 73.6 Å². The number of ether oxygens (including phenoxy) is 1. The molecule has 0 atom stereocenters. The van der Waals surface area contributed by atoms with E-state index in [1.807, 2.05) is 6.92 Å². The fourth-order valence-corrected chi connectivity index (χ4v) is 2.10. The summed E-state index contributed by atoms with van der Waals surface area (Å²) in [6.07, 6.45) is 4.15. The third-order valence-corrected chi connectivity index (χ3v) is 3.11. The smallest absolute Gasteiger partial charge is 0.151 e. The Balaban J connectivity index is 2.72. The number of nitrogens with two attached hydrogens (primary N) is 2. The van der Waals surface area contributed by atoms with Gasteiger partial charge in [0, 0.05) is 6.61 Å². The first-order valence-electron chi connectivity index (χ1n) is 5.32. The fraction of sp³-hybridized carbons (Fsp3) is 0.900. The molecule has 0 heterocycles. The molecule has 0 spiro atoms. The van der Waals surface area contributed by atoms with Crippen molar-refractivity contribution >= 4 is 5.84 Å². The molecule has 4 N–H and O–H groups in total. The summed E-state index contributed by atoms with van der Waals surface area (Å²) in [5.74, 6) is 6.44. The molecular formula is C10H21N3O. The van der Waals surface area contributed by atoms with E-state index in [0.29, 0.717) is 12.4 Å².